The monoisotopic (exact) mass is 298 g/mol. The minimum absolute atomic E-state index is 0.00745. The highest BCUT2D eigenvalue weighted by Crippen LogP contribution is 2.44. The lowest BCUT2D eigenvalue weighted by Crippen LogP contribution is -2.58. The highest BCUT2D eigenvalue weighted by atomic mass is 35.5. The fourth-order valence-electron chi connectivity index (χ4n) is 2.44. The van der Waals surface area contributed by atoms with Gasteiger partial charge in [0.05, 0.1) is 16.7 Å². The summed E-state index contributed by atoms with van der Waals surface area (Å²) in [5.74, 6) is -0.518. The zero-order valence-electron chi connectivity index (χ0n) is 11.8. The molecule has 1 aromatic heterocycles. The van der Waals surface area contributed by atoms with Crippen molar-refractivity contribution in [2.75, 3.05) is 11.9 Å². The van der Waals surface area contributed by atoms with Gasteiger partial charge < -0.3 is 15.2 Å². The van der Waals surface area contributed by atoms with Crippen molar-refractivity contribution in [1.29, 1.82) is 0 Å². The average molecular weight is 299 g/mol. The Kier molecular flexibility index (Phi) is 4.20. The third kappa shape index (κ3) is 2.74. The Morgan fingerprint density at radius 1 is 1.65 bits per heavy atom. The van der Waals surface area contributed by atoms with Crippen LogP contribution in [0.1, 0.15) is 37.6 Å². The quantitative estimate of drug-likeness (QED) is 0.874. The average Bonchev–Trinajstić information content (AvgIpc) is 2.39. The van der Waals surface area contributed by atoms with Crippen molar-refractivity contribution >= 4 is 23.4 Å². The van der Waals surface area contributed by atoms with Gasteiger partial charge in [0.2, 0.25) is 0 Å². The number of halogens is 1. The number of ether oxygens (including phenoxy) is 1. The first-order valence-corrected chi connectivity index (χ1v) is 7.01. The van der Waals surface area contributed by atoms with Crippen LogP contribution in [0, 0.1) is 5.41 Å². The molecule has 0 bridgehead atoms. The van der Waals surface area contributed by atoms with Crippen LogP contribution in [0.15, 0.2) is 12.3 Å². The summed E-state index contributed by atoms with van der Waals surface area (Å²) >= 11 is 6.07. The maximum atomic E-state index is 10.8. The smallest absolute Gasteiger partial charge is 0.337 e. The highest BCUT2D eigenvalue weighted by molar-refractivity contribution is 6.33. The molecule has 0 spiro atoms. The first-order valence-electron chi connectivity index (χ1n) is 6.63. The maximum absolute atomic E-state index is 10.8. The molecule has 110 valence electrons. The molecule has 1 aromatic rings. The number of aromatic nitrogens is 1. The first-order chi connectivity index (χ1) is 9.36. The van der Waals surface area contributed by atoms with Gasteiger partial charge in [-0.3, -0.25) is 0 Å². The second kappa shape index (κ2) is 5.58. The Morgan fingerprint density at radius 3 is 2.85 bits per heavy atom. The minimum Gasteiger partial charge on any atom is -0.478 e. The van der Waals surface area contributed by atoms with Gasteiger partial charge in [0.15, 0.2) is 0 Å². The van der Waals surface area contributed by atoms with Crippen LogP contribution in [-0.4, -0.2) is 34.8 Å². The molecule has 1 heterocycles. The number of carbonyl (C=O) groups is 1. The van der Waals surface area contributed by atoms with E-state index in [0.29, 0.717) is 17.4 Å². The zero-order valence-corrected chi connectivity index (χ0v) is 12.6. The van der Waals surface area contributed by atoms with Crippen molar-refractivity contribution < 1.29 is 14.6 Å². The van der Waals surface area contributed by atoms with Crippen molar-refractivity contribution in [3.05, 3.63) is 22.8 Å². The number of carboxylic acids is 1. The molecule has 0 aromatic carbocycles. The Bertz CT molecular complexity index is 519. The van der Waals surface area contributed by atoms with Crippen molar-refractivity contribution in [2.45, 2.75) is 39.3 Å². The van der Waals surface area contributed by atoms with Crippen molar-refractivity contribution in [3.8, 4) is 0 Å². The molecule has 0 radical (unpaired) electrons. The molecular weight excluding hydrogens is 280 g/mol. The van der Waals surface area contributed by atoms with Gasteiger partial charge >= 0.3 is 5.97 Å². The molecule has 0 saturated heterocycles. The summed E-state index contributed by atoms with van der Waals surface area (Å²) in [6, 6.07) is 1.62. The van der Waals surface area contributed by atoms with Crippen molar-refractivity contribution in [2.24, 2.45) is 5.41 Å². The molecule has 0 aliphatic heterocycles. The Hall–Kier alpha value is -1.33. The SMILES string of the molecule is CCOC1CC(Nc2ncc(C(=O)O)cc2Cl)C1(C)C. The third-order valence-electron chi connectivity index (χ3n) is 3.94. The number of carboxylic acid groups (broad SMARTS) is 1. The number of rotatable bonds is 5. The number of pyridine rings is 1. The summed E-state index contributed by atoms with van der Waals surface area (Å²) in [6.07, 6.45) is 2.42. The standard InChI is InChI=1S/C14H19ClN2O3/c1-4-20-11-6-10(14(11,2)3)17-12-9(15)5-8(7-16-12)13(18)19/h5,7,10-11H,4,6H2,1-3H3,(H,16,17)(H,18,19). The molecule has 1 saturated carbocycles. The summed E-state index contributed by atoms with van der Waals surface area (Å²) in [4.78, 5) is 14.9. The van der Waals surface area contributed by atoms with E-state index >= 15 is 0 Å². The summed E-state index contributed by atoms with van der Waals surface area (Å²) in [5, 5.41) is 12.5. The van der Waals surface area contributed by atoms with Gasteiger partial charge in [-0.2, -0.15) is 0 Å². The number of aromatic carboxylic acids is 1. The van der Waals surface area contributed by atoms with E-state index in [2.05, 4.69) is 24.1 Å². The van der Waals surface area contributed by atoms with Gasteiger partial charge in [0.1, 0.15) is 5.82 Å². The lowest BCUT2D eigenvalue weighted by Gasteiger charge is -2.51. The van der Waals surface area contributed by atoms with E-state index in [1.807, 2.05) is 6.92 Å². The van der Waals surface area contributed by atoms with Crippen LogP contribution >= 0.6 is 11.6 Å². The lowest BCUT2D eigenvalue weighted by molar-refractivity contribution is -0.0976. The fourth-order valence-corrected chi connectivity index (χ4v) is 2.66. The van der Waals surface area contributed by atoms with Crippen LogP contribution in [0.5, 0.6) is 0 Å². The predicted octanol–water partition coefficient (Wildman–Crippen LogP) is 3.05. The van der Waals surface area contributed by atoms with Gasteiger partial charge in [-0.05, 0) is 19.4 Å². The molecule has 2 rings (SSSR count). The van der Waals surface area contributed by atoms with E-state index in [-0.39, 0.29) is 23.1 Å². The van der Waals surface area contributed by atoms with Crippen LogP contribution in [0.4, 0.5) is 5.82 Å². The van der Waals surface area contributed by atoms with E-state index in [0.717, 1.165) is 6.42 Å². The number of anilines is 1. The summed E-state index contributed by atoms with van der Waals surface area (Å²) in [5.41, 5.74) is 0.0764. The molecule has 5 nitrogen and oxygen atoms in total. The summed E-state index contributed by atoms with van der Waals surface area (Å²) in [7, 11) is 0. The van der Waals surface area contributed by atoms with Crippen LogP contribution in [-0.2, 0) is 4.74 Å². The molecule has 2 N–H and O–H groups in total. The topological polar surface area (TPSA) is 71.5 Å². The summed E-state index contributed by atoms with van der Waals surface area (Å²) in [6.45, 7) is 6.95. The van der Waals surface area contributed by atoms with Crippen LogP contribution < -0.4 is 5.32 Å². The summed E-state index contributed by atoms with van der Waals surface area (Å²) < 4.78 is 5.67. The van der Waals surface area contributed by atoms with Gasteiger partial charge in [0, 0.05) is 24.3 Å². The van der Waals surface area contributed by atoms with Gasteiger partial charge in [0.25, 0.3) is 0 Å². The third-order valence-corrected chi connectivity index (χ3v) is 4.23. The fraction of sp³-hybridized carbons (Fsp3) is 0.571. The van der Waals surface area contributed by atoms with Gasteiger partial charge in [-0.25, -0.2) is 9.78 Å². The molecular formula is C14H19ClN2O3. The zero-order chi connectivity index (χ0) is 14.9. The Labute approximate surface area is 123 Å². The second-order valence-electron chi connectivity index (χ2n) is 5.56. The van der Waals surface area contributed by atoms with Crippen LogP contribution in [0.2, 0.25) is 5.02 Å². The number of hydrogen-bond donors (Lipinski definition) is 2. The van der Waals surface area contributed by atoms with Crippen LogP contribution in [0.3, 0.4) is 0 Å². The van der Waals surface area contributed by atoms with E-state index in [4.69, 9.17) is 21.4 Å². The molecule has 1 fully saturated rings. The molecule has 1 aliphatic rings. The first kappa shape index (κ1) is 15.1. The number of nitrogens with zero attached hydrogens (tertiary/aromatic N) is 1. The van der Waals surface area contributed by atoms with E-state index in [9.17, 15) is 4.79 Å². The number of hydrogen-bond acceptors (Lipinski definition) is 4. The Balaban J connectivity index is 2.07. The van der Waals surface area contributed by atoms with Crippen molar-refractivity contribution in [1.82, 2.24) is 4.98 Å². The largest absolute Gasteiger partial charge is 0.478 e. The molecule has 20 heavy (non-hydrogen) atoms. The minimum atomic E-state index is -1.04. The van der Waals surface area contributed by atoms with Gasteiger partial charge in [-0.1, -0.05) is 25.4 Å². The van der Waals surface area contributed by atoms with Crippen molar-refractivity contribution in [3.63, 3.8) is 0 Å². The maximum Gasteiger partial charge on any atom is 0.337 e. The number of nitrogens with one attached hydrogen (secondary N) is 1. The second-order valence-corrected chi connectivity index (χ2v) is 5.96. The molecule has 6 heteroatoms. The van der Waals surface area contributed by atoms with E-state index in [1.165, 1.54) is 12.3 Å². The normalized spacial score (nSPS) is 24.0. The molecule has 2 atom stereocenters. The van der Waals surface area contributed by atoms with E-state index < -0.39 is 5.97 Å². The molecule has 2 unspecified atom stereocenters. The lowest BCUT2D eigenvalue weighted by atomic mass is 9.64. The van der Waals surface area contributed by atoms with Crippen LogP contribution in [0.25, 0.3) is 0 Å². The highest BCUT2D eigenvalue weighted by Gasteiger charge is 2.49. The van der Waals surface area contributed by atoms with Gasteiger partial charge in [-0.15, -0.1) is 0 Å². The molecule has 1 aliphatic carbocycles. The molecule has 0 amide bonds. The predicted molar refractivity (Wildman–Crippen MR) is 77.4 cm³/mol. The Morgan fingerprint density at radius 2 is 2.35 bits per heavy atom. The van der Waals surface area contributed by atoms with E-state index in [1.54, 1.807) is 0 Å².